The molecule has 7 heteroatoms. The summed E-state index contributed by atoms with van der Waals surface area (Å²) >= 11 is 0. The van der Waals surface area contributed by atoms with Crippen molar-refractivity contribution in [3.05, 3.63) is 17.1 Å². The van der Waals surface area contributed by atoms with Gasteiger partial charge in [-0.1, -0.05) is 6.92 Å². The topological polar surface area (TPSA) is 74.0 Å². The van der Waals surface area contributed by atoms with Gasteiger partial charge in [-0.15, -0.1) is 0 Å². The van der Waals surface area contributed by atoms with E-state index in [9.17, 15) is 13.5 Å². The van der Waals surface area contributed by atoms with E-state index in [0.717, 1.165) is 19.6 Å². The van der Waals surface area contributed by atoms with Gasteiger partial charge in [-0.05, 0) is 20.4 Å². The van der Waals surface area contributed by atoms with Gasteiger partial charge < -0.3 is 14.4 Å². The second-order valence-corrected chi connectivity index (χ2v) is 6.89. The molecule has 0 amide bonds. The number of aliphatic hydroxyl groups excluding tert-OH is 1. The third kappa shape index (κ3) is 2.63. The molecular formula is C13H22N2O4S. The first-order chi connectivity index (χ1) is 9.41. The molecule has 0 saturated carbocycles. The van der Waals surface area contributed by atoms with Gasteiger partial charge in [0, 0.05) is 31.7 Å². The average molecular weight is 302 g/mol. The largest absolute Gasteiger partial charge is 0.465 e. The molecule has 0 aliphatic carbocycles. The van der Waals surface area contributed by atoms with Crippen LogP contribution in [0.1, 0.15) is 24.0 Å². The molecule has 1 aromatic rings. The van der Waals surface area contributed by atoms with Crippen molar-refractivity contribution >= 4 is 10.0 Å². The number of piperazine rings is 1. The summed E-state index contributed by atoms with van der Waals surface area (Å²) < 4.78 is 32.3. The Balaban J connectivity index is 2.32. The van der Waals surface area contributed by atoms with Crippen LogP contribution in [0.3, 0.4) is 0 Å². The normalized spacial score (nSPS) is 18.6. The van der Waals surface area contributed by atoms with Crippen molar-refractivity contribution in [1.29, 1.82) is 0 Å². The first kappa shape index (κ1) is 15.5. The van der Waals surface area contributed by atoms with Gasteiger partial charge in [-0.3, -0.25) is 0 Å². The number of furan rings is 1. The summed E-state index contributed by atoms with van der Waals surface area (Å²) in [5, 5.41) is 9.40. The van der Waals surface area contributed by atoms with E-state index in [4.69, 9.17) is 4.42 Å². The van der Waals surface area contributed by atoms with Gasteiger partial charge in [0.1, 0.15) is 16.4 Å². The highest BCUT2D eigenvalue weighted by Gasteiger charge is 2.33. The van der Waals surface area contributed by atoms with E-state index in [-0.39, 0.29) is 11.5 Å². The summed E-state index contributed by atoms with van der Waals surface area (Å²) in [5.74, 6) is 0.820. The highest BCUT2D eigenvalue weighted by molar-refractivity contribution is 7.89. The molecule has 114 valence electrons. The molecule has 1 N–H and O–H groups in total. The lowest BCUT2D eigenvalue weighted by molar-refractivity contribution is 0.196. The van der Waals surface area contributed by atoms with Crippen LogP contribution in [0.25, 0.3) is 0 Å². The molecule has 1 fully saturated rings. The molecule has 0 bridgehead atoms. The minimum absolute atomic E-state index is 0.141. The molecule has 20 heavy (non-hydrogen) atoms. The fourth-order valence-electron chi connectivity index (χ4n) is 2.65. The molecule has 0 aromatic carbocycles. The predicted molar refractivity (Wildman–Crippen MR) is 75.0 cm³/mol. The molecule has 1 aliphatic heterocycles. The molecule has 2 heterocycles. The van der Waals surface area contributed by atoms with Crippen LogP contribution in [-0.2, 0) is 16.6 Å². The number of sulfonamides is 1. The van der Waals surface area contributed by atoms with Gasteiger partial charge in [0.05, 0.1) is 6.61 Å². The second kappa shape index (κ2) is 5.85. The zero-order chi connectivity index (χ0) is 14.9. The molecule has 1 aliphatic rings. The number of likely N-dealkylation sites (N-methyl/N-ethyl adjacent to an activating group) is 1. The van der Waals surface area contributed by atoms with E-state index in [1.54, 1.807) is 13.8 Å². The van der Waals surface area contributed by atoms with Crippen LogP contribution in [0.4, 0.5) is 0 Å². The maximum absolute atomic E-state index is 12.7. The van der Waals surface area contributed by atoms with Crippen molar-refractivity contribution in [3.8, 4) is 0 Å². The Bertz CT molecular complexity index is 571. The fourth-order valence-corrected chi connectivity index (χ4v) is 4.47. The van der Waals surface area contributed by atoms with Crippen molar-refractivity contribution in [1.82, 2.24) is 9.21 Å². The second-order valence-electron chi connectivity index (χ2n) is 5.02. The summed E-state index contributed by atoms with van der Waals surface area (Å²) in [6.45, 7) is 8.40. The highest BCUT2D eigenvalue weighted by Crippen LogP contribution is 2.29. The first-order valence-corrected chi connectivity index (χ1v) is 8.28. The predicted octanol–water partition coefficient (Wildman–Crippen LogP) is 0.715. The van der Waals surface area contributed by atoms with Crippen LogP contribution in [0, 0.1) is 13.8 Å². The van der Waals surface area contributed by atoms with Crippen LogP contribution in [0.2, 0.25) is 0 Å². The monoisotopic (exact) mass is 302 g/mol. The van der Waals surface area contributed by atoms with Crippen molar-refractivity contribution in [2.24, 2.45) is 0 Å². The lowest BCUT2D eigenvalue weighted by atomic mass is 10.2. The van der Waals surface area contributed by atoms with Crippen LogP contribution in [-0.4, -0.2) is 55.5 Å². The zero-order valence-electron chi connectivity index (χ0n) is 12.2. The Hall–Kier alpha value is -0.890. The number of aryl methyl sites for hydroxylation is 2. The van der Waals surface area contributed by atoms with Crippen LogP contribution in [0.15, 0.2) is 9.31 Å². The summed E-state index contributed by atoms with van der Waals surface area (Å²) in [6, 6.07) is 0. The van der Waals surface area contributed by atoms with Crippen molar-refractivity contribution in [2.75, 3.05) is 32.7 Å². The quantitative estimate of drug-likeness (QED) is 0.887. The lowest BCUT2D eigenvalue weighted by Crippen LogP contribution is -2.48. The molecule has 0 atom stereocenters. The Labute approximate surface area is 120 Å². The Morgan fingerprint density at radius 2 is 1.75 bits per heavy atom. The number of hydrogen-bond donors (Lipinski definition) is 1. The summed E-state index contributed by atoms with van der Waals surface area (Å²) in [7, 11) is -3.59. The van der Waals surface area contributed by atoms with Crippen molar-refractivity contribution in [3.63, 3.8) is 0 Å². The minimum atomic E-state index is -3.59. The van der Waals surface area contributed by atoms with Crippen LogP contribution < -0.4 is 0 Å². The van der Waals surface area contributed by atoms with Crippen molar-refractivity contribution < 1.29 is 17.9 Å². The molecular weight excluding hydrogens is 280 g/mol. The van der Waals surface area contributed by atoms with E-state index in [1.165, 1.54) is 4.31 Å². The number of rotatable bonds is 4. The lowest BCUT2D eigenvalue weighted by Gasteiger charge is -2.33. The zero-order valence-corrected chi connectivity index (χ0v) is 13.0. The smallest absolute Gasteiger partial charge is 0.247 e. The number of hydrogen-bond acceptors (Lipinski definition) is 5. The van der Waals surface area contributed by atoms with Gasteiger partial charge in [-0.25, -0.2) is 8.42 Å². The van der Waals surface area contributed by atoms with Gasteiger partial charge in [0.2, 0.25) is 10.0 Å². The van der Waals surface area contributed by atoms with Gasteiger partial charge in [0.15, 0.2) is 0 Å². The molecule has 0 unspecified atom stereocenters. The Morgan fingerprint density at radius 1 is 1.15 bits per heavy atom. The number of aliphatic hydroxyl groups is 1. The average Bonchev–Trinajstić information content (AvgIpc) is 2.73. The maximum Gasteiger partial charge on any atom is 0.247 e. The SMILES string of the molecule is CCN1CCN(S(=O)(=O)c2c(C)oc(C)c2CO)CC1. The first-order valence-electron chi connectivity index (χ1n) is 6.84. The van der Waals surface area contributed by atoms with E-state index < -0.39 is 10.0 Å². The molecule has 0 spiro atoms. The summed E-state index contributed by atoms with van der Waals surface area (Å²) in [4.78, 5) is 2.36. The Morgan fingerprint density at radius 3 is 2.25 bits per heavy atom. The van der Waals surface area contributed by atoms with E-state index in [1.807, 2.05) is 0 Å². The summed E-state index contributed by atoms with van der Waals surface area (Å²) in [6.07, 6.45) is 0. The van der Waals surface area contributed by atoms with Gasteiger partial charge in [-0.2, -0.15) is 4.31 Å². The van der Waals surface area contributed by atoms with E-state index in [0.29, 0.717) is 30.2 Å². The fraction of sp³-hybridized carbons (Fsp3) is 0.692. The van der Waals surface area contributed by atoms with E-state index >= 15 is 0 Å². The maximum atomic E-state index is 12.7. The molecule has 1 aromatic heterocycles. The van der Waals surface area contributed by atoms with Gasteiger partial charge >= 0.3 is 0 Å². The van der Waals surface area contributed by atoms with E-state index in [2.05, 4.69) is 11.8 Å². The molecule has 1 saturated heterocycles. The number of nitrogens with zero attached hydrogens (tertiary/aromatic N) is 2. The van der Waals surface area contributed by atoms with Crippen molar-refractivity contribution in [2.45, 2.75) is 32.3 Å². The molecule has 6 nitrogen and oxygen atoms in total. The highest BCUT2D eigenvalue weighted by atomic mass is 32.2. The third-order valence-electron chi connectivity index (χ3n) is 3.86. The standard InChI is InChI=1S/C13H22N2O4S/c1-4-14-5-7-15(8-6-14)20(17,18)13-11(3)19-10(2)12(13)9-16/h16H,4-9H2,1-3H3. The third-order valence-corrected chi connectivity index (χ3v) is 5.95. The minimum Gasteiger partial charge on any atom is -0.465 e. The molecule has 0 radical (unpaired) electrons. The summed E-state index contributed by atoms with van der Waals surface area (Å²) in [5.41, 5.74) is 0.375. The van der Waals surface area contributed by atoms with Crippen LogP contribution >= 0.6 is 0 Å². The molecule has 2 rings (SSSR count). The van der Waals surface area contributed by atoms with Gasteiger partial charge in [0.25, 0.3) is 0 Å². The Kier molecular flexibility index (Phi) is 4.53. The van der Waals surface area contributed by atoms with Crippen LogP contribution in [0.5, 0.6) is 0 Å².